The number of hydrogen-bond donors (Lipinski definition) is 0. The summed E-state index contributed by atoms with van der Waals surface area (Å²) in [5.74, 6) is -0.479. The smallest absolute Gasteiger partial charge is 0.387 e. The van der Waals surface area contributed by atoms with Gasteiger partial charge in [-0.05, 0) is 44.6 Å². The fourth-order valence-corrected chi connectivity index (χ4v) is 1.90. The minimum absolute atomic E-state index is 0.178. The Kier molecular flexibility index (Phi) is 3.38. The lowest BCUT2D eigenvalue weighted by Crippen LogP contribution is -2.18. The van der Waals surface area contributed by atoms with E-state index >= 15 is 0 Å². The van der Waals surface area contributed by atoms with Crippen molar-refractivity contribution in [1.29, 1.82) is 0 Å². The molecule has 1 aromatic rings. The first-order chi connectivity index (χ1) is 5.88. The summed E-state index contributed by atoms with van der Waals surface area (Å²) in [4.78, 5) is 3.47. The zero-order chi connectivity index (χ0) is 10.1. The van der Waals surface area contributed by atoms with Crippen LogP contribution in [0.3, 0.4) is 0 Å². The van der Waals surface area contributed by atoms with Crippen LogP contribution in [0, 0.1) is 3.57 Å². The van der Waals surface area contributed by atoms with Crippen molar-refractivity contribution in [2.75, 3.05) is 0 Å². The Labute approximate surface area is 93.8 Å². The molecule has 0 aliphatic rings. The molecular formula is C6H2BrF3INO. The van der Waals surface area contributed by atoms with E-state index in [0.29, 0.717) is 0 Å². The van der Waals surface area contributed by atoms with Gasteiger partial charge in [-0.1, -0.05) is 0 Å². The monoisotopic (exact) mass is 367 g/mol. The second-order valence-corrected chi connectivity index (χ2v) is 4.09. The summed E-state index contributed by atoms with van der Waals surface area (Å²) >= 11 is 4.84. The maximum atomic E-state index is 11.7. The molecule has 1 rings (SSSR count). The lowest BCUT2D eigenvalue weighted by molar-refractivity contribution is -0.276. The SMILES string of the molecule is FC(F)(F)Oc1ncc(I)cc1Br. The standard InChI is InChI=1S/C6H2BrF3INO/c7-4-1-3(11)2-12-5(4)13-6(8,9)10/h1-2H. The first-order valence-corrected chi connectivity index (χ1v) is 4.82. The van der Waals surface area contributed by atoms with E-state index in [9.17, 15) is 13.2 Å². The van der Waals surface area contributed by atoms with E-state index in [1.807, 2.05) is 22.6 Å². The highest BCUT2D eigenvalue weighted by molar-refractivity contribution is 14.1. The molecule has 0 atom stereocenters. The fourth-order valence-electron chi connectivity index (χ4n) is 0.587. The molecule has 7 heteroatoms. The number of nitrogens with zero attached hydrogens (tertiary/aromatic N) is 1. The van der Waals surface area contributed by atoms with Crippen LogP contribution in [0.5, 0.6) is 5.88 Å². The molecule has 0 fully saturated rings. The molecular weight excluding hydrogens is 366 g/mol. The van der Waals surface area contributed by atoms with E-state index in [1.54, 1.807) is 0 Å². The lowest BCUT2D eigenvalue weighted by atomic mass is 10.5. The number of halogens is 5. The molecule has 13 heavy (non-hydrogen) atoms. The fraction of sp³-hybridized carbons (Fsp3) is 0.167. The van der Waals surface area contributed by atoms with Crippen molar-refractivity contribution in [2.45, 2.75) is 6.36 Å². The zero-order valence-electron chi connectivity index (χ0n) is 5.90. The number of alkyl halides is 3. The number of rotatable bonds is 1. The first-order valence-electron chi connectivity index (χ1n) is 2.95. The molecule has 0 aliphatic carbocycles. The van der Waals surface area contributed by atoms with Gasteiger partial charge in [-0.3, -0.25) is 0 Å². The Morgan fingerprint density at radius 3 is 2.54 bits per heavy atom. The summed E-state index contributed by atoms with van der Waals surface area (Å²) < 4.78 is 39.7. The van der Waals surface area contributed by atoms with Crippen molar-refractivity contribution in [3.8, 4) is 5.88 Å². The highest BCUT2D eigenvalue weighted by Gasteiger charge is 2.32. The molecule has 0 spiro atoms. The van der Waals surface area contributed by atoms with Crippen LogP contribution in [-0.4, -0.2) is 11.3 Å². The highest BCUT2D eigenvalue weighted by atomic mass is 127. The Bertz CT molecular complexity index is 317. The van der Waals surface area contributed by atoms with E-state index in [1.165, 1.54) is 12.3 Å². The van der Waals surface area contributed by atoms with Crippen molar-refractivity contribution < 1.29 is 17.9 Å². The van der Waals surface area contributed by atoms with Gasteiger partial charge in [0.1, 0.15) is 0 Å². The van der Waals surface area contributed by atoms with Crippen LogP contribution < -0.4 is 4.74 Å². The number of pyridine rings is 1. The van der Waals surface area contributed by atoms with Crippen LogP contribution in [0.25, 0.3) is 0 Å². The number of ether oxygens (including phenoxy) is 1. The molecule has 0 aliphatic heterocycles. The molecule has 72 valence electrons. The van der Waals surface area contributed by atoms with Gasteiger partial charge in [0.05, 0.1) is 4.47 Å². The minimum atomic E-state index is -4.71. The predicted octanol–water partition coefficient (Wildman–Crippen LogP) is 3.35. The summed E-state index contributed by atoms with van der Waals surface area (Å²) in [5, 5.41) is 0. The van der Waals surface area contributed by atoms with Crippen LogP contribution in [0.15, 0.2) is 16.7 Å². The van der Waals surface area contributed by atoms with Gasteiger partial charge < -0.3 is 4.74 Å². The quantitative estimate of drug-likeness (QED) is 0.710. The summed E-state index contributed by atoms with van der Waals surface area (Å²) in [5.41, 5.74) is 0. The molecule has 0 saturated heterocycles. The molecule has 0 bridgehead atoms. The summed E-state index contributed by atoms with van der Waals surface area (Å²) in [6.45, 7) is 0. The normalized spacial score (nSPS) is 11.5. The van der Waals surface area contributed by atoms with E-state index in [-0.39, 0.29) is 4.47 Å². The van der Waals surface area contributed by atoms with Gasteiger partial charge in [-0.2, -0.15) is 0 Å². The third-order valence-corrected chi connectivity index (χ3v) is 2.14. The van der Waals surface area contributed by atoms with Gasteiger partial charge >= 0.3 is 6.36 Å². The van der Waals surface area contributed by atoms with Crippen molar-refractivity contribution in [1.82, 2.24) is 4.98 Å². The Balaban J connectivity index is 2.90. The third-order valence-electron chi connectivity index (χ3n) is 0.986. The molecule has 0 aromatic carbocycles. The molecule has 1 aromatic heterocycles. The van der Waals surface area contributed by atoms with Crippen molar-refractivity contribution in [3.63, 3.8) is 0 Å². The lowest BCUT2D eigenvalue weighted by Gasteiger charge is -2.08. The molecule has 2 nitrogen and oxygen atoms in total. The third kappa shape index (κ3) is 3.67. The highest BCUT2D eigenvalue weighted by Crippen LogP contribution is 2.28. The van der Waals surface area contributed by atoms with Gasteiger partial charge in [0.25, 0.3) is 0 Å². The molecule has 1 heterocycles. The summed E-state index contributed by atoms with van der Waals surface area (Å²) in [6, 6.07) is 1.48. The van der Waals surface area contributed by atoms with Gasteiger partial charge in [0.2, 0.25) is 5.88 Å². The van der Waals surface area contributed by atoms with E-state index in [2.05, 4.69) is 25.7 Å². The van der Waals surface area contributed by atoms with Gasteiger partial charge in [-0.25, -0.2) is 4.98 Å². The largest absolute Gasteiger partial charge is 0.574 e. The van der Waals surface area contributed by atoms with Crippen molar-refractivity contribution in [2.24, 2.45) is 0 Å². The number of aromatic nitrogens is 1. The van der Waals surface area contributed by atoms with Crippen LogP contribution >= 0.6 is 38.5 Å². The molecule has 0 amide bonds. The second-order valence-electron chi connectivity index (χ2n) is 1.99. The summed E-state index contributed by atoms with van der Waals surface area (Å²) in [7, 11) is 0. The van der Waals surface area contributed by atoms with E-state index in [4.69, 9.17) is 0 Å². The zero-order valence-corrected chi connectivity index (χ0v) is 9.64. The molecule has 0 saturated carbocycles. The predicted molar refractivity (Wildman–Crippen MR) is 51.3 cm³/mol. The second kappa shape index (κ2) is 3.99. The van der Waals surface area contributed by atoms with Crippen molar-refractivity contribution in [3.05, 3.63) is 20.3 Å². The van der Waals surface area contributed by atoms with Crippen LogP contribution in [-0.2, 0) is 0 Å². The first kappa shape index (κ1) is 11.0. The van der Waals surface area contributed by atoms with Gasteiger partial charge in [0, 0.05) is 9.77 Å². The van der Waals surface area contributed by atoms with E-state index in [0.717, 1.165) is 3.57 Å². The van der Waals surface area contributed by atoms with Crippen LogP contribution in [0.1, 0.15) is 0 Å². The average Bonchev–Trinajstić information content (AvgIpc) is 1.93. The maximum Gasteiger partial charge on any atom is 0.574 e. The van der Waals surface area contributed by atoms with Crippen LogP contribution in [0.4, 0.5) is 13.2 Å². The molecule has 0 unspecified atom stereocenters. The van der Waals surface area contributed by atoms with E-state index < -0.39 is 12.2 Å². The Hall–Kier alpha value is -0.0500. The Morgan fingerprint density at radius 1 is 1.46 bits per heavy atom. The topological polar surface area (TPSA) is 22.1 Å². The number of hydrogen-bond acceptors (Lipinski definition) is 2. The maximum absolute atomic E-state index is 11.7. The Morgan fingerprint density at radius 2 is 2.08 bits per heavy atom. The molecule has 0 N–H and O–H groups in total. The van der Waals surface area contributed by atoms with Gasteiger partial charge in [0.15, 0.2) is 0 Å². The molecule has 0 radical (unpaired) electrons. The minimum Gasteiger partial charge on any atom is -0.387 e. The van der Waals surface area contributed by atoms with Crippen LogP contribution in [0.2, 0.25) is 0 Å². The van der Waals surface area contributed by atoms with Crippen molar-refractivity contribution >= 4 is 38.5 Å². The summed E-state index contributed by atoms with van der Waals surface area (Å²) in [6.07, 6.45) is -3.42. The van der Waals surface area contributed by atoms with Gasteiger partial charge in [-0.15, -0.1) is 13.2 Å². The average molecular weight is 368 g/mol.